The zero-order valence-electron chi connectivity index (χ0n) is 83.6. The zero-order chi connectivity index (χ0) is 99.6. The number of rotatable bonds is 7. The molecule has 142 heavy (non-hydrogen) atoms. The van der Waals surface area contributed by atoms with E-state index >= 15 is 26.3 Å². The maximum Gasteiger partial charge on any atom is 0.408 e. The molecule has 6 aliphatic heterocycles. The van der Waals surface area contributed by atoms with Crippen molar-refractivity contribution in [3.63, 3.8) is 0 Å². The second-order valence-corrected chi connectivity index (χ2v) is 44.4. The Kier molecular flexibility index (Phi) is 34.6. The number of benzene rings is 3. The van der Waals surface area contributed by atoms with E-state index in [1.54, 1.807) is 80.6 Å². The number of fused-ring (bicyclic) bond motifs is 27. The maximum absolute atomic E-state index is 16.2. The molecular weight excluding hydrogens is 1950 g/mol. The smallest absolute Gasteiger partial charge is 0.408 e. The number of carbonyl (C=O) groups excluding carboxylic acids is 9. The molecule has 24 atom stereocenters. The molecule has 9 heterocycles. The van der Waals surface area contributed by atoms with Crippen LogP contribution in [0, 0.1) is 87.3 Å². The fourth-order valence-electron chi connectivity index (χ4n) is 24.8. The van der Waals surface area contributed by atoms with Crippen LogP contribution in [0.25, 0.3) is 32.7 Å². The average molecular weight is 2090 g/mol. The van der Waals surface area contributed by atoms with Gasteiger partial charge in [0.25, 0.3) is 17.8 Å². The summed E-state index contributed by atoms with van der Waals surface area (Å²) in [7, 11) is 4.56. The van der Waals surface area contributed by atoms with Crippen molar-refractivity contribution in [1.29, 1.82) is 0 Å². The van der Waals surface area contributed by atoms with Crippen LogP contribution in [0.4, 0.5) is 40.7 Å². The molecule has 12 bridgehead atoms. The molecule has 6 aliphatic carbocycles. The van der Waals surface area contributed by atoms with Crippen molar-refractivity contribution in [2.45, 2.75) is 315 Å². The first-order chi connectivity index (χ1) is 65.9. The Morgan fingerprint density at radius 2 is 0.746 bits per heavy atom. The van der Waals surface area contributed by atoms with Crippen molar-refractivity contribution >= 4 is 87.6 Å². The number of nitrogens with zero attached hydrogens (tertiary/aromatic N) is 6. The van der Waals surface area contributed by atoms with E-state index in [0.717, 1.165) is 57.8 Å². The maximum atomic E-state index is 16.2. The molecule has 3 N–H and O–H groups in total. The van der Waals surface area contributed by atoms with Crippen LogP contribution >= 0.6 is 0 Å². The summed E-state index contributed by atoms with van der Waals surface area (Å²) < 4.78 is 150. The van der Waals surface area contributed by atoms with Gasteiger partial charge in [-0.25, -0.2) is 57.0 Å². The third-order valence-electron chi connectivity index (χ3n) is 32.4. The number of amides is 6. The van der Waals surface area contributed by atoms with E-state index in [9.17, 15) is 43.2 Å². The number of alkyl halides is 6. The summed E-state index contributed by atoms with van der Waals surface area (Å²) in [5.74, 6) is -9.66. The number of hydrogen-bond acceptors (Lipinski definition) is 21. The van der Waals surface area contributed by atoms with E-state index < -0.39 is 173 Å². The minimum Gasteiger partial charge on any atom is -0.540 e. The first-order valence-corrected chi connectivity index (χ1v) is 50.0. The fraction of sp³-hybridized carbons (Fsp3) is 0.660. The van der Waals surface area contributed by atoms with E-state index in [4.69, 9.17) is 42.6 Å². The van der Waals surface area contributed by atoms with Crippen molar-refractivity contribution in [3.8, 4) is 34.6 Å². The van der Waals surface area contributed by atoms with Gasteiger partial charge in [-0.05, 0) is 250 Å². The SMILES string of the molecule is CC[C@@H]1[C@@H]2CN(C(=O)[C@H](C(C)(C)C)NC(=O)O[C@@H]3[C@H]4CC[C@H](C4)[C@H]3CCCCC(F)(F)c3nc4ccc(OC)cc4cc3O2)[C@@H]1[C-]=O.COc1ccc2cc3c(nc2c1)O[C@H]1CN(C(=O)[C@H](C(C)(C)C)NC(=O)O[C@@H]2[C@H]4CC[C@H](C4)[C@H]2CCCCC3(F)F)[C@H]([C-]=O)[C@@H]1C.COc1ccc2nc3c(cc2c1)O[C@H]1CN(C(=O)[C@H](C(C)(C)C)NC(=O)O[C@@H]2[C@H]4CC[C@H](C4)[C@H]2CCCCC3(F)F)[C@H]([C-]=O)[C@@H]1C.[V].[V].[V]. The Bertz CT molecular complexity index is 5360. The number of hydrogen-bond donors (Lipinski definition) is 3. The number of carbonyl (C=O) groups is 6. The molecule has 9 fully saturated rings. The van der Waals surface area contributed by atoms with Crippen molar-refractivity contribution < 1.29 is 168 Å². The predicted octanol–water partition coefficient (Wildman–Crippen LogP) is 18.9. The van der Waals surface area contributed by atoms with Crippen LogP contribution in [-0.4, -0.2) is 198 Å². The van der Waals surface area contributed by atoms with Crippen LogP contribution < -0.4 is 44.4 Å². The third kappa shape index (κ3) is 23.0. The molecule has 12 aliphatic rings. The fourth-order valence-corrected chi connectivity index (χ4v) is 24.8. The van der Waals surface area contributed by atoms with E-state index in [-0.39, 0.29) is 171 Å². The van der Waals surface area contributed by atoms with Gasteiger partial charge in [-0.2, -0.15) is 17.6 Å². The number of methoxy groups -OCH3 is 3. The van der Waals surface area contributed by atoms with Crippen LogP contribution in [0.15, 0.2) is 72.8 Å². The average Bonchev–Trinajstić information content (AvgIpc) is 1.31. The Morgan fingerprint density at radius 3 is 1.12 bits per heavy atom. The van der Waals surface area contributed by atoms with Gasteiger partial charge in [0.2, 0.25) is 23.6 Å². The number of nitrogens with one attached hydrogen (secondary N) is 3. The summed E-state index contributed by atoms with van der Waals surface area (Å²) in [5.41, 5.74) is -2.23. The van der Waals surface area contributed by atoms with Gasteiger partial charge >= 0.3 is 18.3 Å². The van der Waals surface area contributed by atoms with Gasteiger partial charge in [-0.15, -0.1) is 0 Å². The second-order valence-electron chi connectivity index (χ2n) is 44.4. The molecule has 6 aromatic rings. The van der Waals surface area contributed by atoms with E-state index in [1.165, 1.54) is 42.1 Å². The van der Waals surface area contributed by atoms with Crippen LogP contribution in [0.2, 0.25) is 0 Å². The summed E-state index contributed by atoms with van der Waals surface area (Å²) in [6, 6.07) is 13.6. The van der Waals surface area contributed by atoms with Crippen molar-refractivity contribution in [2.24, 2.45) is 87.3 Å². The zero-order valence-corrected chi connectivity index (χ0v) is 87.8. The predicted molar refractivity (Wildman–Crippen MR) is 504 cm³/mol. The molecule has 3 aromatic heterocycles. The standard InChI is InChI=1S/C36H46F2N3O6.2C35H44F2N3O6.3V/c1-6-24-27(19-42)41-18-29(24)46-28-17-22-16-23(45-5)12-13-26(22)39-31(28)36(37,38)14-8-7-9-25-20-10-11-21(15-20)30(25)47-34(44)40-32(33(41)43)35(2,3)4;1-19-27(18-41)40-17-28(19)45-31-25(15-21-11-12-23(44-5)16-26(21)38-31)35(36,37)13-7-6-8-24-20-9-10-22(14-20)29(24)46-33(43)39-30(32(40)42)34(2,3)4;1-19-26(18-41)40-17-28(19)45-27-16-22-15-23(44-5)11-12-25(22)38-30(27)35(36,37)13-7-6-8-24-20-9-10-21(14-20)29(24)46-33(43)39-31(32(40)42)34(2,3)4;;;/h12-13,16-17,20-21,24-25,27,29-30,32H,6-11,14-15,18H2,1-5H3,(H,40,44);11-12,15-16,19-20,22,24,27-30H,6-10,13-14,17H2,1-5H3,(H,39,43);11-12,15-16,19-21,24,26,28-29,31H,6-10,13-14,17H2,1-5H3,(H,39,43);;;/q3*-1;;;/t20-,21+,24+,25-,27-,29+,30-,32-;19-,20+,22-,24+,27+,28-,29+,30+;19-,20+,21-,24+,26+,28-,29+,31+;;;/m100.../s1. The summed E-state index contributed by atoms with van der Waals surface area (Å²) in [5, 5.41) is 10.2. The van der Waals surface area contributed by atoms with Crippen LogP contribution in [0.5, 0.6) is 34.6 Å². The first-order valence-electron chi connectivity index (χ1n) is 50.0. The second kappa shape index (κ2) is 44.5. The quantitative estimate of drug-likeness (QED) is 0.0759. The normalized spacial score (nSPS) is 32.4. The monoisotopic (exact) mass is 2090 g/mol. The van der Waals surface area contributed by atoms with Gasteiger partial charge < -0.3 is 87.7 Å². The molecule has 0 unspecified atom stereocenters. The topological polar surface area (TPSA) is 321 Å². The molecular formula is C106H134F6N9O18V3-3. The molecule has 18 rings (SSSR count). The number of ether oxygens (including phenoxy) is 9. The minimum atomic E-state index is -3.30. The van der Waals surface area contributed by atoms with Gasteiger partial charge in [0.15, 0.2) is 11.4 Å². The molecule has 3 saturated heterocycles. The number of aromatic nitrogens is 3. The van der Waals surface area contributed by atoms with E-state index in [2.05, 4.69) is 30.9 Å². The summed E-state index contributed by atoms with van der Waals surface area (Å²) in [4.78, 5) is 137. The van der Waals surface area contributed by atoms with Crippen molar-refractivity contribution in [2.75, 3.05) is 41.0 Å². The Balaban J connectivity index is 0.000000177. The van der Waals surface area contributed by atoms with Crippen molar-refractivity contribution in [3.05, 3.63) is 89.7 Å². The van der Waals surface area contributed by atoms with Crippen molar-refractivity contribution in [1.82, 2.24) is 45.6 Å². The minimum absolute atomic E-state index is 0. The molecule has 27 nitrogen and oxygen atoms in total. The summed E-state index contributed by atoms with van der Waals surface area (Å²) in [6.07, 6.45) is 13.1. The molecule has 3 radical (unpaired) electrons. The molecule has 0 spiro atoms. The van der Waals surface area contributed by atoms with Gasteiger partial charge in [-0.1, -0.05) is 127 Å². The van der Waals surface area contributed by atoms with Gasteiger partial charge in [-0.3, -0.25) is 14.4 Å². The van der Waals surface area contributed by atoms with Gasteiger partial charge in [0.05, 0.1) is 63.1 Å². The van der Waals surface area contributed by atoms with Gasteiger partial charge in [0, 0.05) is 97.2 Å². The number of alkyl carbamates (subject to hydrolysis) is 3. The van der Waals surface area contributed by atoms with E-state index in [1.807, 2.05) is 88.1 Å². The number of pyridine rings is 3. The van der Waals surface area contributed by atoms with Crippen LogP contribution in [-0.2, 0) is 116 Å². The molecule has 3 aromatic carbocycles. The summed E-state index contributed by atoms with van der Waals surface area (Å²) >= 11 is 0. The Morgan fingerprint density at radius 1 is 0.401 bits per heavy atom. The Hall–Kier alpha value is -8.75. The molecule has 6 saturated carbocycles. The van der Waals surface area contributed by atoms with Crippen LogP contribution in [0.1, 0.15) is 241 Å². The molecule has 6 amide bonds. The number of halogens is 6. The van der Waals surface area contributed by atoms with Gasteiger partial charge in [0.1, 0.15) is 83.5 Å². The largest absolute Gasteiger partial charge is 0.540 e. The molecule has 36 heteroatoms. The molecule has 771 valence electrons. The van der Waals surface area contributed by atoms with Crippen LogP contribution in [0.3, 0.4) is 0 Å². The first kappa shape index (κ1) is 110. The van der Waals surface area contributed by atoms with E-state index in [0.29, 0.717) is 113 Å². The third-order valence-corrected chi connectivity index (χ3v) is 32.4. The Labute approximate surface area is 862 Å². The summed E-state index contributed by atoms with van der Waals surface area (Å²) in [6.45, 7) is 21.6.